The van der Waals surface area contributed by atoms with Gasteiger partial charge in [0.05, 0.1) is 23.1 Å². The lowest BCUT2D eigenvalue weighted by molar-refractivity contribution is 1.34. The van der Waals surface area contributed by atoms with Gasteiger partial charge in [-0.25, -0.2) is 0 Å². The highest BCUT2D eigenvalue weighted by Gasteiger charge is 2.09. The van der Waals surface area contributed by atoms with Gasteiger partial charge in [0.2, 0.25) is 0 Å². The van der Waals surface area contributed by atoms with Crippen LogP contribution < -0.4 is 11.1 Å². The second-order valence-corrected chi connectivity index (χ2v) is 3.76. The summed E-state index contributed by atoms with van der Waals surface area (Å²) in [6.07, 6.45) is 1.71. The van der Waals surface area contributed by atoms with Gasteiger partial charge in [-0.2, -0.15) is 0 Å². The first-order chi connectivity index (χ1) is 7.15. The highest BCUT2D eigenvalue weighted by Crippen LogP contribution is 2.31. The number of aryl methyl sites for hydroxylation is 2. The Morgan fingerprint density at radius 3 is 2.53 bits per heavy atom. The van der Waals surface area contributed by atoms with Gasteiger partial charge in [-0.05, 0) is 25.0 Å². The standard InChI is InChI=1S/C12H15N3/c1-7-4-5-8(2)11-10(7)12(14-3)9(13)6-15-11/h4-6H,13H2,1-3H3,(H,14,15). The lowest BCUT2D eigenvalue weighted by Gasteiger charge is -2.12. The van der Waals surface area contributed by atoms with Crippen molar-refractivity contribution in [3.05, 3.63) is 29.5 Å². The summed E-state index contributed by atoms with van der Waals surface area (Å²) in [5.41, 5.74) is 10.9. The Bertz CT molecular complexity index is 518. The Morgan fingerprint density at radius 2 is 1.87 bits per heavy atom. The Morgan fingerprint density at radius 1 is 1.20 bits per heavy atom. The molecule has 1 aromatic heterocycles. The van der Waals surface area contributed by atoms with Crippen molar-refractivity contribution in [3.8, 4) is 0 Å². The van der Waals surface area contributed by atoms with Crippen LogP contribution in [0.25, 0.3) is 10.9 Å². The average Bonchev–Trinajstić information content (AvgIpc) is 2.23. The first kappa shape index (κ1) is 9.77. The predicted octanol–water partition coefficient (Wildman–Crippen LogP) is 2.48. The molecular formula is C12H15N3. The number of hydrogen-bond acceptors (Lipinski definition) is 3. The molecule has 0 unspecified atom stereocenters. The van der Waals surface area contributed by atoms with Crippen molar-refractivity contribution < 1.29 is 0 Å². The van der Waals surface area contributed by atoms with Crippen LogP contribution in [-0.4, -0.2) is 12.0 Å². The number of rotatable bonds is 1. The number of aromatic nitrogens is 1. The van der Waals surface area contributed by atoms with Gasteiger partial charge >= 0.3 is 0 Å². The van der Waals surface area contributed by atoms with E-state index in [4.69, 9.17) is 5.73 Å². The summed E-state index contributed by atoms with van der Waals surface area (Å²) in [6, 6.07) is 4.18. The Labute approximate surface area is 89.3 Å². The van der Waals surface area contributed by atoms with Gasteiger partial charge in [0.25, 0.3) is 0 Å². The average molecular weight is 201 g/mol. The summed E-state index contributed by atoms with van der Waals surface area (Å²) in [4.78, 5) is 4.38. The fourth-order valence-corrected chi connectivity index (χ4v) is 1.89. The number of anilines is 2. The zero-order chi connectivity index (χ0) is 11.0. The molecule has 0 radical (unpaired) electrons. The summed E-state index contributed by atoms with van der Waals surface area (Å²) < 4.78 is 0. The highest BCUT2D eigenvalue weighted by molar-refractivity contribution is 6.00. The number of hydrogen-bond donors (Lipinski definition) is 2. The van der Waals surface area contributed by atoms with Gasteiger partial charge in [-0.3, -0.25) is 4.98 Å². The fraction of sp³-hybridized carbons (Fsp3) is 0.250. The van der Waals surface area contributed by atoms with Crippen molar-refractivity contribution in [1.82, 2.24) is 4.98 Å². The lowest BCUT2D eigenvalue weighted by atomic mass is 10.0. The smallest absolute Gasteiger partial charge is 0.0756 e. The monoisotopic (exact) mass is 201 g/mol. The minimum Gasteiger partial charge on any atom is -0.396 e. The molecule has 0 saturated heterocycles. The molecule has 0 aliphatic carbocycles. The lowest BCUT2D eigenvalue weighted by Crippen LogP contribution is -2.00. The third kappa shape index (κ3) is 1.40. The molecule has 2 rings (SSSR count). The molecule has 0 aliphatic rings. The Hall–Kier alpha value is -1.77. The summed E-state index contributed by atoms with van der Waals surface area (Å²) in [6.45, 7) is 4.13. The molecule has 0 atom stereocenters. The van der Waals surface area contributed by atoms with Crippen molar-refractivity contribution in [2.75, 3.05) is 18.1 Å². The topological polar surface area (TPSA) is 50.9 Å². The van der Waals surface area contributed by atoms with Gasteiger partial charge in [-0.15, -0.1) is 0 Å². The van der Waals surface area contributed by atoms with E-state index in [9.17, 15) is 0 Å². The van der Waals surface area contributed by atoms with E-state index in [2.05, 4.69) is 36.3 Å². The van der Waals surface area contributed by atoms with Crippen LogP contribution in [0, 0.1) is 13.8 Å². The molecule has 0 aliphatic heterocycles. The van der Waals surface area contributed by atoms with Gasteiger partial charge in [-0.1, -0.05) is 12.1 Å². The molecular weight excluding hydrogens is 186 g/mol. The molecule has 3 N–H and O–H groups in total. The van der Waals surface area contributed by atoms with Gasteiger partial charge in [0.1, 0.15) is 0 Å². The summed E-state index contributed by atoms with van der Waals surface area (Å²) in [7, 11) is 1.88. The second-order valence-electron chi connectivity index (χ2n) is 3.76. The van der Waals surface area contributed by atoms with Crippen molar-refractivity contribution in [2.45, 2.75) is 13.8 Å². The van der Waals surface area contributed by atoms with E-state index in [1.165, 1.54) is 11.1 Å². The summed E-state index contributed by atoms with van der Waals surface area (Å²) >= 11 is 0. The zero-order valence-corrected chi connectivity index (χ0v) is 9.26. The van der Waals surface area contributed by atoms with Crippen molar-refractivity contribution in [1.29, 1.82) is 0 Å². The van der Waals surface area contributed by atoms with Crippen LogP contribution in [0.4, 0.5) is 11.4 Å². The van der Waals surface area contributed by atoms with Gasteiger partial charge in [0, 0.05) is 12.4 Å². The number of nitrogens with zero attached hydrogens (tertiary/aromatic N) is 1. The van der Waals surface area contributed by atoms with Gasteiger partial charge in [0.15, 0.2) is 0 Å². The van der Waals surface area contributed by atoms with Crippen LogP contribution in [-0.2, 0) is 0 Å². The first-order valence-electron chi connectivity index (χ1n) is 4.97. The van der Waals surface area contributed by atoms with E-state index >= 15 is 0 Å². The van der Waals surface area contributed by atoms with E-state index in [1.54, 1.807) is 6.20 Å². The molecule has 3 heteroatoms. The van der Waals surface area contributed by atoms with E-state index in [0.29, 0.717) is 5.69 Å². The predicted molar refractivity (Wildman–Crippen MR) is 65.2 cm³/mol. The maximum Gasteiger partial charge on any atom is 0.0756 e. The largest absolute Gasteiger partial charge is 0.396 e. The molecule has 0 saturated carbocycles. The molecule has 0 spiro atoms. The van der Waals surface area contributed by atoms with Crippen molar-refractivity contribution in [3.63, 3.8) is 0 Å². The highest BCUT2D eigenvalue weighted by atomic mass is 14.9. The molecule has 0 amide bonds. The normalized spacial score (nSPS) is 10.6. The molecule has 1 heterocycles. The second kappa shape index (κ2) is 3.42. The Balaban J connectivity index is 2.96. The molecule has 0 fully saturated rings. The molecule has 2 aromatic rings. The van der Waals surface area contributed by atoms with E-state index in [1.807, 2.05) is 7.05 Å². The number of nitrogens with one attached hydrogen (secondary N) is 1. The number of fused-ring (bicyclic) bond motifs is 1. The minimum absolute atomic E-state index is 0.693. The SMILES string of the molecule is CNc1c(N)cnc2c(C)ccc(C)c12. The molecule has 3 nitrogen and oxygen atoms in total. The van der Waals surface area contributed by atoms with E-state index < -0.39 is 0 Å². The van der Waals surface area contributed by atoms with Crippen LogP contribution >= 0.6 is 0 Å². The zero-order valence-electron chi connectivity index (χ0n) is 9.26. The summed E-state index contributed by atoms with van der Waals surface area (Å²) in [5.74, 6) is 0. The van der Waals surface area contributed by atoms with Crippen LogP contribution in [0.15, 0.2) is 18.3 Å². The van der Waals surface area contributed by atoms with E-state index in [0.717, 1.165) is 16.6 Å². The molecule has 1 aromatic carbocycles. The van der Waals surface area contributed by atoms with Crippen LogP contribution in [0.1, 0.15) is 11.1 Å². The number of nitrogen functional groups attached to an aromatic ring is 1. The molecule has 0 bridgehead atoms. The number of benzene rings is 1. The molecule has 78 valence electrons. The number of pyridine rings is 1. The van der Waals surface area contributed by atoms with Crippen molar-refractivity contribution >= 4 is 22.3 Å². The quantitative estimate of drug-likeness (QED) is 0.745. The van der Waals surface area contributed by atoms with Gasteiger partial charge < -0.3 is 11.1 Å². The van der Waals surface area contributed by atoms with Crippen molar-refractivity contribution in [2.24, 2.45) is 0 Å². The number of nitrogens with two attached hydrogens (primary N) is 1. The third-order valence-electron chi connectivity index (χ3n) is 2.71. The fourth-order valence-electron chi connectivity index (χ4n) is 1.89. The summed E-state index contributed by atoms with van der Waals surface area (Å²) in [5, 5.41) is 4.26. The van der Waals surface area contributed by atoms with Crippen LogP contribution in [0.3, 0.4) is 0 Å². The minimum atomic E-state index is 0.693. The van der Waals surface area contributed by atoms with Crippen LogP contribution in [0.5, 0.6) is 0 Å². The third-order valence-corrected chi connectivity index (χ3v) is 2.71. The Kier molecular flexibility index (Phi) is 2.23. The maximum atomic E-state index is 5.89. The first-order valence-corrected chi connectivity index (χ1v) is 4.97. The molecule has 15 heavy (non-hydrogen) atoms. The van der Waals surface area contributed by atoms with Crippen LogP contribution in [0.2, 0.25) is 0 Å². The van der Waals surface area contributed by atoms with E-state index in [-0.39, 0.29) is 0 Å². The maximum absolute atomic E-state index is 5.89.